The van der Waals surface area contributed by atoms with E-state index >= 15 is 0 Å². The van der Waals surface area contributed by atoms with Crippen molar-refractivity contribution in [1.82, 2.24) is 4.31 Å². The van der Waals surface area contributed by atoms with Crippen molar-refractivity contribution in [1.29, 1.82) is 0 Å². The number of halogens is 4. The largest absolute Gasteiger partial charge is 0.573 e. The zero-order valence-corrected chi connectivity index (χ0v) is 19.3. The number of alkyl halides is 3. The minimum absolute atomic E-state index is 0.0956. The van der Waals surface area contributed by atoms with Gasteiger partial charge in [0.25, 0.3) is 10.0 Å². The number of sulfonamides is 1. The molecule has 13 heteroatoms. The van der Waals surface area contributed by atoms with Crippen LogP contribution in [0.2, 0.25) is 0 Å². The minimum atomic E-state index is -4.98. The zero-order valence-electron chi connectivity index (χ0n) is 18.5. The van der Waals surface area contributed by atoms with Gasteiger partial charge in [0.2, 0.25) is 11.7 Å². The number of carbonyl (C=O) groups excluding carboxylic acids is 2. The molecule has 1 heterocycles. The molecular formula is C24H16F4N2O6S. The van der Waals surface area contributed by atoms with E-state index in [2.05, 4.69) is 10.1 Å². The fourth-order valence-electron chi connectivity index (χ4n) is 3.59. The van der Waals surface area contributed by atoms with Crippen molar-refractivity contribution in [3.63, 3.8) is 0 Å². The number of aliphatic hydroxyl groups is 1. The highest BCUT2D eigenvalue weighted by Crippen LogP contribution is 2.35. The SMILES string of the molecule is O=C(CN1C(=C(O)c2ccc(F)cc2)C(=O)c2ccccc2S1(=O)=O)Nc1cccc(OC(F)(F)F)c1. The number of hydrogen-bond acceptors (Lipinski definition) is 6. The van der Waals surface area contributed by atoms with Crippen LogP contribution in [0.5, 0.6) is 5.75 Å². The van der Waals surface area contributed by atoms with Crippen LogP contribution in [0.15, 0.2) is 83.4 Å². The lowest BCUT2D eigenvalue weighted by atomic mass is 10.0. The van der Waals surface area contributed by atoms with E-state index in [0.29, 0.717) is 4.31 Å². The van der Waals surface area contributed by atoms with Crippen molar-refractivity contribution in [2.75, 3.05) is 11.9 Å². The fraction of sp³-hybridized carbons (Fsp3) is 0.0833. The van der Waals surface area contributed by atoms with Gasteiger partial charge in [0.05, 0.1) is 4.90 Å². The number of benzene rings is 3. The van der Waals surface area contributed by atoms with E-state index in [1.54, 1.807) is 0 Å². The summed E-state index contributed by atoms with van der Waals surface area (Å²) in [5.41, 5.74) is -1.25. The predicted octanol–water partition coefficient (Wildman–Crippen LogP) is 4.48. The second-order valence-corrected chi connectivity index (χ2v) is 9.50. The van der Waals surface area contributed by atoms with Gasteiger partial charge in [-0.2, -0.15) is 0 Å². The third kappa shape index (κ3) is 5.40. The molecule has 0 fully saturated rings. The van der Waals surface area contributed by atoms with Gasteiger partial charge in [0.15, 0.2) is 5.76 Å². The Balaban J connectivity index is 1.73. The highest BCUT2D eigenvalue weighted by Gasteiger charge is 2.42. The molecule has 0 unspecified atom stereocenters. The van der Waals surface area contributed by atoms with Gasteiger partial charge < -0.3 is 15.2 Å². The molecule has 0 saturated heterocycles. The number of amides is 1. The standard InChI is InChI=1S/C24H16F4N2O6S/c25-15-10-8-14(9-11-15)22(32)21-23(33)18-6-1-2-7-19(18)37(34,35)30(21)13-20(31)29-16-4-3-5-17(12-16)36-24(26,27)28/h1-12,32H,13H2,(H,29,31). The number of nitrogens with zero attached hydrogens (tertiary/aromatic N) is 1. The number of allylic oxidation sites excluding steroid dienone is 1. The molecular weight excluding hydrogens is 520 g/mol. The van der Waals surface area contributed by atoms with Crippen LogP contribution in [0, 0.1) is 5.82 Å². The Labute approximate surface area is 207 Å². The number of Topliss-reactive ketones (excluding diaryl/α,β-unsaturated/α-hetero) is 1. The Morgan fingerprint density at radius 1 is 1.00 bits per heavy atom. The molecule has 0 aliphatic carbocycles. The minimum Gasteiger partial charge on any atom is -0.505 e. The van der Waals surface area contributed by atoms with Gasteiger partial charge in [0.1, 0.15) is 23.8 Å². The summed E-state index contributed by atoms with van der Waals surface area (Å²) in [6.07, 6.45) is -4.98. The highest BCUT2D eigenvalue weighted by atomic mass is 32.2. The van der Waals surface area contributed by atoms with Crippen LogP contribution in [0.1, 0.15) is 15.9 Å². The lowest BCUT2D eigenvalue weighted by Crippen LogP contribution is -2.43. The third-order valence-electron chi connectivity index (χ3n) is 5.14. The Bertz CT molecular complexity index is 1520. The summed E-state index contributed by atoms with van der Waals surface area (Å²) in [6.45, 7) is -1.02. The van der Waals surface area contributed by atoms with Gasteiger partial charge in [-0.15, -0.1) is 13.2 Å². The number of anilines is 1. The summed E-state index contributed by atoms with van der Waals surface area (Å²) < 4.78 is 81.9. The first kappa shape index (κ1) is 25.7. The molecule has 3 aromatic rings. The molecule has 1 aliphatic heterocycles. The van der Waals surface area contributed by atoms with E-state index in [1.165, 1.54) is 30.3 Å². The Morgan fingerprint density at radius 2 is 1.68 bits per heavy atom. The second kappa shape index (κ2) is 9.58. The smallest absolute Gasteiger partial charge is 0.505 e. The Morgan fingerprint density at radius 3 is 2.35 bits per heavy atom. The number of rotatable bonds is 5. The molecule has 0 radical (unpaired) electrons. The van der Waals surface area contributed by atoms with Crippen molar-refractivity contribution in [2.45, 2.75) is 11.3 Å². The maximum atomic E-state index is 13.4. The molecule has 0 spiro atoms. The van der Waals surface area contributed by atoms with Gasteiger partial charge >= 0.3 is 6.36 Å². The number of ketones is 1. The summed E-state index contributed by atoms with van der Waals surface area (Å²) in [7, 11) is -4.56. The van der Waals surface area contributed by atoms with Crippen LogP contribution in [0.3, 0.4) is 0 Å². The van der Waals surface area contributed by atoms with Gasteiger partial charge in [-0.25, -0.2) is 17.1 Å². The molecule has 0 aromatic heterocycles. The molecule has 0 bridgehead atoms. The lowest BCUT2D eigenvalue weighted by molar-refractivity contribution is -0.274. The predicted molar refractivity (Wildman–Crippen MR) is 122 cm³/mol. The van der Waals surface area contributed by atoms with E-state index in [1.807, 2.05) is 0 Å². The maximum absolute atomic E-state index is 13.4. The molecule has 1 aliphatic rings. The molecule has 8 nitrogen and oxygen atoms in total. The van der Waals surface area contributed by atoms with Gasteiger partial charge in [0, 0.05) is 22.9 Å². The molecule has 0 saturated carbocycles. The Kier molecular flexibility index (Phi) is 6.65. The zero-order chi connectivity index (χ0) is 27.0. The first-order chi connectivity index (χ1) is 17.4. The molecule has 1 amide bonds. The third-order valence-corrected chi connectivity index (χ3v) is 6.95. The number of fused-ring (bicyclic) bond motifs is 1. The number of carbonyl (C=O) groups is 2. The first-order valence-electron chi connectivity index (χ1n) is 10.4. The van der Waals surface area contributed by atoms with Crippen molar-refractivity contribution < 1.29 is 45.4 Å². The molecule has 2 N–H and O–H groups in total. The van der Waals surface area contributed by atoms with Crippen molar-refractivity contribution in [3.05, 3.63) is 95.4 Å². The molecule has 37 heavy (non-hydrogen) atoms. The van der Waals surface area contributed by atoms with Crippen molar-refractivity contribution in [2.24, 2.45) is 0 Å². The topological polar surface area (TPSA) is 113 Å². The highest BCUT2D eigenvalue weighted by molar-refractivity contribution is 7.89. The number of nitrogens with one attached hydrogen (secondary N) is 1. The van der Waals surface area contributed by atoms with Crippen molar-refractivity contribution in [3.8, 4) is 5.75 Å². The number of ether oxygens (including phenoxy) is 1. The van der Waals surface area contributed by atoms with Gasteiger partial charge in [-0.05, 0) is 48.5 Å². The summed E-state index contributed by atoms with van der Waals surface area (Å²) in [6, 6.07) is 13.6. The molecule has 3 aromatic carbocycles. The van der Waals surface area contributed by atoms with E-state index in [-0.39, 0.29) is 16.8 Å². The van der Waals surface area contributed by atoms with E-state index in [4.69, 9.17) is 0 Å². The normalized spacial score (nSPS) is 16.1. The monoisotopic (exact) mass is 536 g/mol. The van der Waals surface area contributed by atoms with Crippen LogP contribution >= 0.6 is 0 Å². The first-order valence-corrected chi connectivity index (χ1v) is 11.8. The maximum Gasteiger partial charge on any atom is 0.573 e. The van der Waals surface area contributed by atoms with Crippen LogP contribution in [0.25, 0.3) is 5.76 Å². The van der Waals surface area contributed by atoms with E-state index in [9.17, 15) is 40.7 Å². The van der Waals surface area contributed by atoms with Gasteiger partial charge in [-0.1, -0.05) is 18.2 Å². The molecule has 4 rings (SSSR count). The summed E-state index contributed by atoms with van der Waals surface area (Å²) >= 11 is 0. The van der Waals surface area contributed by atoms with Crippen molar-refractivity contribution >= 4 is 33.2 Å². The Hall–Kier alpha value is -4.39. The quantitative estimate of drug-likeness (QED) is 0.283. The van der Waals surface area contributed by atoms with E-state index in [0.717, 1.165) is 42.5 Å². The van der Waals surface area contributed by atoms with Crippen LogP contribution in [0.4, 0.5) is 23.2 Å². The van der Waals surface area contributed by atoms with E-state index < -0.39 is 62.5 Å². The summed E-state index contributed by atoms with van der Waals surface area (Å²) in [5, 5.41) is 13.1. The van der Waals surface area contributed by atoms with Crippen LogP contribution < -0.4 is 10.1 Å². The average molecular weight is 536 g/mol. The van der Waals surface area contributed by atoms with Crippen LogP contribution in [-0.2, 0) is 14.8 Å². The molecule has 0 atom stereocenters. The molecule has 192 valence electrons. The van der Waals surface area contributed by atoms with Gasteiger partial charge in [-0.3, -0.25) is 9.59 Å². The summed E-state index contributed by atoms with van der Waals surface area (Å²) in [4.78, 5) is 25.6. The number of hydrogen-bond donors (Lipinski definition) is 2. The second-order valence-electron chi connectivity index (χ2n) is 7.66. The van der Waals surface area contributed by atoms with Crippen LogP contribution in [-0.4, -0.2) is 42.4 Å². The fourth-order valence-corrected chi connectivity index (χ4v) is 5.22. The lowest BCUT2D eigenvalue weighted by Gasteiger charge is -2.31. The average Bonchev–Trinajstić information content (AvgIpc) is 2.82. The number of aliphatic hydroxyl groups excluding tert-OH is 1. The summed E-state index contributed by atoms with van der Waals surface area (Å²) in [5.74, 6) is -4.06.